The molecule has 1 rings (SSSR count). The maximum absolute atomic E-state index is 2.55. The standard InChI is InChI=1S/C11H23N/c1-5-11-10(9(2)3)7-6-8-12(11)4/h9-11H,5-8H2,1-4H3. The highest BCUT2D eigenvalue weighted by Gasteiger charge is 2.29. The molecular weight excluding hydrogens is 146 g/mol. The lowest BCUT2D eigenvalue weighted by molar-refractivity contribution is 0.0881. The van der Waals surface area contributed by atoms with Crippen LogP contribution in [0.5, 0.6) is 0 Å². The van der Waals surface area contributed by atoms with Crippen molar-refractivity contribution in [1.29, 1.82) is 0 Å². The first kappa shape index (κ1) is 10.0. The van der Waals surface area contributed by atoms with Gasteiger partial charge in [-0.05, 0) is 44.7 Å². The number of hydrogen-bond donors (Lipinski definition) is 0. The topological polar surface area (TPSA) is 3.24 Å². The van der Waals surface area contributed by atoms with Crippen molar-refractivity contribution >= 4 is 0 Å². The molecule has 0 amide bonds. The van der Waals surface area contributed by atoms with Crippen LogP contribution in [0.2, 0.25) is 0 Å². The molecule has 0 aliphatic carbocycles. The first-order valence-electron chi connectivity index (χ1n) is 5.37. The molecule has 1 fully saturated rings. The Bertz CT molecular complexity index is 131. The van der Waals surface area contributed by atoms with Gasteiger partial charge in [-0.3, -0.25) is 0 Å². The molecule has 2 unspecified atom stereocenters. The Balaban J connectivity index is 2.57. The van der Waals surface area contributed by atoms with Gasteiger partial charge in [-0.1, -0.05) is 20.8 Å². The third-order valence-electron chi connectivity index (χ3n) is 3.38. The Morgan fingerprint density at radius 3 is 2.50 bits per heavy atom. The van der Waals surface area contributed by atoms with E-state index in [1.54, 1.807) is 0 Å². The molecule has 72 valence electrons. The molecule has 0 saturated carbocycles. The summed E-state index contributed by atoms with van der Waals surface area (Å²) >= 11 is 0. The van der Waals surface area contributed by atoms with Gasteiger partial charge in [0.2, 0.25) is 0 Å². The van der Waals surface area contributed by atoms with Crippen LogP contribution in [0.15, 0.2) is 0 Å². The summed E-state index contributed by atoms with van der Waals surface area (Å²) in [7, 11) is 2.28. The average Bonchev–Trinajstić information content (AvgIpc) is 2.03. The zero-order valence-corrected chi connectivity index (χ0v) is 9.01. The predicted molar refractivity (Wildman–Crippen MR) is 54.3 cm³/mol. The van der Waals surface area contributed by atoms with E-state index in [1.807, 2.05) is 0 Å². The van der Waals surface area contributed by atoms with Gasteiger partial charge in [0.05, 0.1) is 0 Å². The summed E-state index contributed by atoms with van der Waals surface area (Å²) < 4.78 is 0. The first-order valence-corrected chi connectivity index (χ1v) is 5.37. The van der Waals surface area contributed by atoms with Crippen molar-refractivity contribution in [2.24, 2.45) is 11.8 Å². The van der Waals surface area contributed by atoms with Gasteiger partial charge < -0.3 is 4.90 Å². The van der Waals surface area contributed by atoms with E-state index in [4.69, 9.17) is 0 Å². The molecule has 2 atom stereocenters. The van der Waals surface area contributed by atoms with Crippen molar-refractivity contribution in [3.63, 3.8) is 0 Å². The molecule has 1 saturated heterocycles. The lowest BCUT2D eigenvalue weighted by atomic mass is 9.80. The molecule has 0 aromatic rings. The number of likely N-dealkylation sites (tertiary alicyclic amines) is 1. The largest absolute Gasteiger partial charge is 0.303 e. The fourth-order valence-corrected chi connectivity index (χ4v) is 2.65. The second-order valence-corrected chi connectivity index (χ2v) is 4.51. The van der Waals surface area contributed by atoms with Gasteiger partial charge in [0.15, 0.2) is 0 Å². The minimum Gasteiger partial charge on any atom is -0.303 e. The summed E-state index contributed by atoms with van der Waals surface area (Å²) in [6, 6.07) is 0.846. The molecule has 0 aromatic carbocycles. The van der Waals surface area contributed by atoms with Gasteiger partial charge in [-0.25, -0.2) is 0 Å². The third kappa shape index (κ3) is 2.01. The SMILES string of the molecule is CCC1C(C(C)C)CCCN1C. The minimum atomic E-state index is 0.846. The first-order chi connectivity index (χ1) is 5.66. The van der Waals surface area contributed by atoms with E-state index in [9.17, 15) is 0 Å². The van der Waals surface area contributed by atoms with E-state index in [0.29, 0.717) is 0 Å². The minimum absolute atomic E-state index is 0.846. The van der Waals surface area contributed by atoms with Crippen molar-refractivity contribution in [2.75, 3.05) is 13.6 Å². The molecule has 1 heteroatoms. The highest BCUT2D eigenvalue weighted by atomic mass is 15.1. The van der Waals surface area contributed by atoms with Gasteiger partial charge in [-0.2, -0.15) is 0 Å². The lowest BCUT2D eigenvalue weighted by Crippen LogP contribution is -2.44. The predicted octanol–water partition coefficient (Wildman–Crippen LogP) is 2.76. The van der Waals surface area contributed by atoms with E-state index in [1.165, 1.54) is 25.8 Å². The summed E-state index contributed by atoms with van der Waals surface area (Å²) in [5.74, 6) is 1.80. The molecule has 1 aliphatic heterocycles. The van der Waals surface area contributed by atoms with Crippen molar-refractivity contribution in [3.8, 4) is 0 Å². The Morgan fingerprint density at radius 1 is 1.42 bits per heavy atom. The summed E-state index contributed by atoms with van der Waals surface area (Å²) in [5, 5.41) is 0. The highest BCUT2D eigenvalue weighted by molar-refractivity contribution is 4.83. The monoisotopic (exact) mass is 169 g/mol. The van der Waals surface area contributed by atoms with E-state index in [2.05, 4.69) is 32.7 Å². The molecule has 1 heterocycles. The zero-order chi connectivity index (χ0) is 9.14. The quantitative estimate of drug-likeness (QED) is 0.614. The van der Waals surface area contributed by atoms with Crippen molar-refractivity contribution in [3.05, 3.63) is 0 Å². The van der Waals surface area contributed by atoms with Crippen LogP contribution in [0, 0.1) is 11.8 Å². The number of piperidine rings is 1. The average molecular weight is 169 g/mol. The molecule has 0 spiro atoms. The smallest absolute Gasteiger partial charge is 0.0120 e. The Kier molecular flexibility index (Phi) is 3.57. The maximum Gasteiger partial charge on any atom is 0.0120 e. The molecule has 1 aliphatic rings. The van der Waals surface area contributed by atoms with E-state index in [0.717, 1.165) is 17.9 Å². The van der Waals surface area contributed by atoms with Gasteiger partial charge in [0.25, 0.3) is 0 Å². The van der Waals surface area contributed by atoms with Crippen LogP contribution in [0.1, 0.15) is 40.0 Å². The van der Waals surface area contributed by atoms with Crippen LogP contribution in [-0.4, -0.2) is 24.5 Å². The number of rotatable bonds is 2. The van der Waals surface area contributed by atoms with Crippen LogP contribution in [0.25, 0.3) is 0 Å². The summed E-state index contributed by atoms with van der Waals surface area (Å²) in [6.45, 7) is 8.36. The Labute approximate surface area is 77.1 Å². The van der Waals surface area contributed by atoms with Crippen LogP contribution in [0.4, 0.5) is 0 Å². The maximum atomic E-state index is 2.55. The van der Waals surface area contributed by atoms with Gasteiger partial charge >= 0.3 is 0 Å². The molecule has 1 nitrogen and oxygen atoms in total. The van der Waals surface area contributed by atoms with Gasteiger partial charge in [0.1, 0.15) is 0 Å². The molecule has 0 radical (unpaired) electrons. The van der Waals surface area contributed by atoms with E-state index in [-0.39, 0.29) is 0 Å². The number of nitrogens with zero attached hydrogens (tertiary/aromatic N) is 1. The van der Waals surface area contributed by atoms with Gasteiger partial charge in [0, 0.05) is 6.04 Å². The van der Waals surface area contributed by atoms with Crippen molar-refractivity contribution in [1.82, 2.24) is 4.90 Å². The normalized spacial score (nSPS) is 32.8. The second kappa shape index (κ2) is 4.27. The number of hydrogen-bond acceptors (Lipinski definition) is 1. The fraction of sp³-hybridized carbons (Fsp3) is 1.00. The molecule has 12 heavy (non-hydrogen) atoms. The van der Waals surface area contributed by atoms with E-state index >= 15 is 0 Å². The van der Waals surface area contributed by atoms with Crippen molar-refractivity contribution in [2.45, 2.75) is 46.1 Å². The third-order valence-corrected chi connectivity index (χ3v) is 3.38. The molecule has 0 aromatic heterocycles. The molecule has 0 N–H and O–H groups in total. The fourth-order valence-electron chi connectivity index (χ4n) is 2.65. The van der Waals surface area contributed by atoms with Crippen LogP contribution in [-0.2, 0) is 0 Å². The summed E-state index contributed by atoms with van der Waals surface area (Å²) in [6.07, 6.45) is 4.16. The summed E-state index contributed by atoms with van der Waals surface area (Å²) in [5.41, 5.74) is 0. The lowest BCUT2D eigenvalue weighted by Gasteiger charge is -2.40. The van der Waals surface area contributed by atoms with Crippen molar-refractivity contribution < 1.29 is 0 Å². The van der Waals surface area contributed by atoms with Crippen LogP contribution < -0.4 is 0 Å². The summed E-state index contributed by atoms with van der Waals surface area (Å²) in [4.78, 5) is 2.55. The van der Waals surface area contributed by atoms with Gasteiger partial charge in [-0.15, -0.1) is 0 Å². The second-order valence-electron chi connectivity index (χ2n) is 4.51. The zero-order valence-electron chi connectivity index (χ0n) is 9.01. The molecule has 0 bridgehead atoms. The highest BCUT2D eigenvalue weighted by Crippen LogP contribution is 2.30. The van der Waals surface area contributed by atoms with E-state index < -0.39 is 0 Å². The Hall–Kier alpha value is -0.0400. The Morgan fingerprint density at radius 2 is 2.08 bits per heavy atom. The molecular formula is C11H23N. The van der Waals surface area contributed by atoms with Crippen LogP contribution >= 0.6 is 0 Å². The van der Waals surface area contributed by atoms with Crippen LogP contribution in [0.3, 0.4) is 0 Å².